The van der Waals surface area contributed by atoms with Gasteiger partial charge in [-0.15, -0.1) is 12.3 Å². The van der Waals surface area contributed by atoms with E-state index < -0.39 is 12.0 Å². The summed E-state index contributed by atoms with van der Waals surface area (Å²) in [5.74, 6) is 1.50. The van der Waals surface area contributed by atoms with Gasteiger partial charge in [0.2, 0.25) is 0 Å². The number of carboxylic acid groups (broad SMARTS) is 1. The van der Waals surface area contributed by atoms with Crippen LogP contribution in [-0.2, 0) is 4.79 Å². The molecule has 1 aliphatic heterocycles. The summed E-state index contributed by atoms with van der Waals surface area (Å²) < 4.78 is 0. The van der Waals surface area contributed by atoms with Gasteiger partial charge in [0.05, 0.1) is 0 Å². The Kier molecular flexibility index (Phi) is 4.18. The van der Waals surface area contributed by atoms with Crippen LogP contribution in [-0.4, -0.2) is 40.6 Å². The second-order valence-electron chi connectivity index (χ2n) is 3.95. The minimum Gasteiger partial charge on any atom is -0.480 e. The van der Waals surface area contributed by atoms with E-state index in [0.29, 0.717) is 19.4 Å². The van der Waals surface area contributed by atoms with Crippen LogP contribution in [0.15, 0.2) is 0 Å². The van der Waals surface area contributed by atoms with Crippen LogP contribution in [0.1, 0.15) is 26.2 Å². The molecule has 0 bridgehead atoms. The van der Waals surface area contributed by atoms with Crippen molar-refractivity contribution in [3.63, 3.8) is 0 Å². The van der Waals surface area contributed by atoms with Crippen molar-refractivity contribution in [3.8, 4) is 12.3 Å². The fraction of sp³-hybridized carbons (Fsp3) is 0.636. The number of amides is 2. The van der Waals surface area contributed by atoms with Gasteiger partial charge in [-0.3, -0.25) is 0 Å². The monoisotopic (exact) mass is 224 g/mol. The molecule has 5 heteroatoms. The number of urea groups is 1. The zero-order valence-corrected chi connectivity index (χ0v) is 9.27. The van der Waals surface area contributed by atoms with Crippen molar-refractivity contribution in [2.45, 2.75) is 38.3 Å². The van der Waals surface area contributed by atoms with Crippen molar-refractivity contribution in [3.05, 3.63) is 0 Å². The highest BCUT2D eigenvalue weighted by atomic mass is 16.4. The predicted octanol–water partition coefficient (Wildman–Crippen LogP) is 0.657. The third-order valence-corrected chi connectivity index (χ3v) is 2.59. The van der Waals surface area contributed by atoms with Gasteiger partial charge >= 0.3 is 12.0 Å². The van der Waals surface area contributed by atoms with Crippen LogP contribution in [0.3, 0.4) is 0 Å². The molecule has 1 heterocycles. The fourth-order valence-corrected chi connectivity index (χ4v) is 1.79. The van der Waals surface area contributed by atoms with Crippen molar-refractivity contribution >= 4 is 12.0 Å². The Labute approximate surface area is 94.8 Å². The Balaban J connectivity index is 2.53. The molecule has 0 saturated carbocycles. The molecule has 0 spiro atoms. The van der Waals surface area contributed by atoms with E-state index in [-0.39, 0.29) is 12.1 Å². The van der Waals surface area contributed by atoms with Crippen molar-refractivity contribution in [2.24, 2.45) is 0 Å². The van der Waals surface area contributed by atoms with Gasteiger partial charge in [0.25, 0.3) is 0 Å². The molecule has 16 heavy (non-hydrogen) atoms. The molecule has 2 N–H and O–H groups in total. The van der Waals surface area contributed by atoms with E-state index in [2.05, 4.69) is 11.2 Å². The number of carbonyl (C=O) groups excluding carboxylic acids is 1. The lowest BCUT2D eigenvalue weighted by Crippen LogP contribution is -2.48. The Hall–Kier alpha value is -1.70. The number of carboxylic acids is 1. The summed E-state index contributed by atoms with van der Waals surface area (Å²) in [6.45, 7) is 2.29. The number of hydrogen-bond acceptors (Lipinski definition) is 2. The van der Waals surface area contributed by atoms with Crippen LogP contribution >= 0.6 is 0 Å². The number of nitrogens with one attached hydrogen (secondary N) is 1. The maximum atomic E-state index is 11.7. The zero-order chi connectivity index (χ0) is 12.1. The van der Waals surface area contributed by atoms with Crippen LogP contribution in [0.25, 0.3) is 0 Å². The van der Waals surface area contributed by atoms with Gasteiger partial charge in [-0.1, -0.05) is 0 Å². The molecule has 1 saturated heterocycles. The Bertz CT molecular complexity index is 322. The molecule has 0 aromatic heterocycles. The Morgan fingerprint density at radius 2 is 2.38 bits per heavy atom. The maximum absolute atomic E-state index is 11.7. The third-order valence-electron chi connectivity index (χ3n) is 2.59. The molecule has 88 valence electrons. The summed E-state index contributed by atoms with van der Waals surface area (Å²) in [6.07, 6.45) is 6.82. The van der Waals surface area contributed by atoms with Gasteiger partial charge in [-0.25, -0.2) is 9.59 Å². The quantitative estimate of drug-likeness (QED) is 0.692. The number of likely N-dealkylation sites (tertiary alicyclic amines) is 1. The molecule has 2 atom stereocenters. The molecule has 0 aromatic rings. The second kappa shape index (κ2) is 5.40. The van der Waals surface area contributed by atoms with Crippen LogP contribution in [0.5, 0.6) is 0 Å². The SMILES string of the molecule is C#CCC(C)NC(=O)N1CCC[C@H]1C(=O)O. The van der Waals surface area contributed by atoms with Gasteiger partial charge in [-0.05, 0) is 19.8 Å². The fourth-order valence-electron chi connectivity index (χ4n) is 1.79. The summed E-state index contributed by atoms with van der Waals surface area (Å²) >= 11 is 0. The van der Waals surface area contributed by atoms with Crippen molar-refractivity contribution < 1.29 is 14.7 Å². The van der Waals surface area contributed by atoms with Crippen molar-refractivity contribution in [1.29, 1.82) is 0 Å². The number of rotatable bonds is 3. The molecule has 1 unspecified atom stereocenters. The normalized spacial score (nSPS) is 21.2. The van der Waals surface area contributed by atoms with Crippen LogP contribution in [0, 0.1) is 12.3 Å². The molecule has 0 aromatic carbocycles. The minimum absolute atomic E-state index is 0.132. The highest BCUT2D eigenvalue weighted by molar-refractivity contribution is 5.83. The summed E-state index contributed by atoms with van der Waals surface area (Å²) in [5, 5.41) is 11.6. The average molecular weight is 224 g/mol. The first-order valence-corrected chi connectivity index (χ1v) is 5.29. The van der Waals surface area contributed by atoms with E-state index in [9.17, 15) is 9.59 Å². The largest absolute Gasteiger partial charge is 0.480 e. The lowest BCUT2D eigenvalue weighted by atomic mass is 10.2. The summed E-state index contributed by atoms with van der Waals surface area (Å²) in [4.78, 5) is 24.0. The van der Waals surface area contributed by atoms with E-state index in [1.807, 2.05) is 0 Å². The van der Waals surface area contributed by atoms with Crippen LogP contribution in [0.4, 0.5) is 4.79 Å². The Morgan fingerprint density at radius 1 is 1.69 bits per heavy atom. The molecule has 0 radical (unpaired) electrons. The molecule has 0 aliphatic carbocycles. The van der Waals surface area contributed by atoms with Crippen LogP contribution in [0.2, 0.25) is 0 Å². The van der Waals surface area contributed by atoms with E-state index in [1.165, 1.54) is 4.90 Å². The lowest BCUT2D eigenvalue weighted by Gasteiger charge is -2.23. The number of nitrogens with zero attached hydrogens (tertiary/aromatic N) is 1. The highest BCUT2D eigenvalue weighted by Crippen LogP contribution is 2.17. The number of terminal acetylenes is 1. The molecule has 5 nitrogen and oxygen atoms in total. The van der Waals surface area contributed by atoms with E-state index in [0.717, 1.165) is 6.42 Å². The molecular formula is C11H16N2O3. The highest BCUT2D eigenvalue weighted by Gasteiger charge is 2.34. The van der Waals surface area contributed by atoms with Gasteiger partial charge in [0.1, 0.15) is 6.04 Å². The summed E-state index contributed by atoms with van der Waals surface area (Å²) in [6, 6.07) is -1.17. The first kappa shape index (κ1) is 12.4. The molecule has 1 fully saturated rings. The Morgan fingerprint density at radius 3 is 2.94 bits per heavy atom. The van der Waals surface area contributed by atoms with Crippen molar-refractivity contribution in [1.82, 2.24) is 10.2 Å². The third kappa shape index (κ3) is 2.89. The lowest BCUT2D eigenvalue weighted by molar-refractivity contribution is -0.141. The molecule has 1 aliphatic rings. The first-order chi connectivity index (χ1) is 7.56. The summed E-state index contributed by atoms with van der Waals surface area (Å²) in [5.41, 5.74) is 0. The average Bonchev–Trinajstić information content (AvgIpc) is 2.65. The topological polar surface area (TPSA) is 69.6 Å². The maximum Gasteiger partial charge on any atom is 0.326 e. The molecule has 2 amide bonds. The van der Waals surface area contributed by atoms with Crippen LogP contribution < -0.4 is 5.32 Å². The van der Waals surface area contributed by atoms with Gasteiger partial charge in [0, 0.05) is 19.0 Å². The smallest absolute Gasteiger partial charge is 0.326 e. The summed E-state index contributed by atoms with van der Waals surface area (Å²) in [7, 11) is 0. The first-order valence-electron chi connectivity index (χ1n) is 5.29. The van der Waals surface area contributed by atoms with Crippen molar-refractivity contribution in [2.75, 3.05) is 6.54 Å². The van der Waals surface area contributed by atoms with E-state index in [1.54, 1.807) is 6.92 Å². The zero-order valence-electron chi connectivity index (χ0n) is 9.27. The van der Waals surface area contributed by atoms with E-state index in [4.69, 9.17) is 11.5 Å². The van der Waals surface area contributed by atoms with Gasteiger partial charge < -0.3 is 15.3 Å². The van der Waals surface area contributed by atoms with Gasteiger partial charge in [0.15, 0.2) is 0 Å². The standard InChI is InChI=1S/C11H16N2O3/c1-3-5-8(2)12-11(16)13-7-4-6-9(13)10(14)15/h1,8-9H,4-7H2,2H3,(H,12,16)(H,14,15)/t8?,9-/m0/s1. The number of hydrogen-bond donors (Lipinski definition) is 2. The number of carbonyl (C=O) groups is 2. The molecular weight excluding hydrogens is 208 g/mol. The number of aliphatic carboxylic acids is 1. The predicted molar refractivity (Wildman–Crippen MR) is 58.8 cm³/mol. The minimum atomic E-state index is -0.947. The van der Waals surface area contributed by atoms with Gasteiger partial charge in [-0.2, -0.15) is 0 Å². The molecule has 1 rings (SSSR count). The van der Waals surface area contributed by atoms with E-state index >= 15 is 0 Å². The second-order valence-corrected chi connectivity index (χ2v) is 3.95.